The molecular weight excluding hydrogens is 421 g/mol. The summed E-state index contributed by atoms with van der Waals surface area (Å²) in [6.45, 7) is 6.07. The van der Waals surface area contributed by atoms with Crippen molar-refractivity contribution in [2.75, 3.05) is 51.1 Å². The van der Waals surface area contributed by atoms with E-state index in [0.29, 0.717) is 32.7 Å². The number of piperazine rings is 1. The van der Waals surface area contributed by atoms with Gasteiger partial charge in [-0.05, 0) is 38.0 Å². The second-order valence-electron chi connectivity index (χ2n) is 7.75. The third-order valence-corrected chi connectivity index (χ3v) is 5.93. The van der Waals surface area contributed by atoms with E-state index in [2.05, 4.69) is 10.2 Å². The Morgan fingerprint density at radius 3 is 2.33 bits per heavy atom. The van der Waals surface area contributed by atoms with E-state index in [0.717, 1.165) is 38.1 Å². The lowest BCUT2D eigenvalue weighted by Gasteiger charge is -2.37. The largest absolute Gasteiger partial charge is 0.418 e. The topological polar surface area (TPSA) is 55.9 Å². The highest BCUT2D eigenvalue weighted by atomic mass is 35.5. The molecule has 0 bridgehead atoms. The Morgan fingerprint density at radius 1 is 1.10 bits per heavy atom. The molecule has 6 nitrogen and oxygen atoms in total. The van der Waals surface area contributed by atoms with Crippen molar-refractivity contribution in [3.8, 4) is 0 Å². The zero-order chi connectivity index (χ0) is 21.9. The fourth-order valence-corrected chi connectivity index (χ4v) is 4.00. The van der Waals surface area contributed by atoms with Gasteiger partial charge in [-0.25, -0.2) is 0 Å². The summed E-state index contributed by atoms with van der Waals surface area (Å²) in [6.07, 6.45) is -2.52. The first kappa shape index (κ1) is 22.8. The summed E-state index contributed by atoms with van der Waals surface area (Å²) in [5.74, 6) is -0.376. The van der Waals surface area contributed by atoms with Gasteiger partial charge in [0, 0.05) is 44.3 Å². The van der Waals surface area contributed by atoms with Crippen LogP contribution in [-0.2, 0) is 15.8 Å². The molecule has 2 saturated heterocycles. The minimum Gasteiger partial charge on any atom is -0.342 e. The summed E-state index contributed by atoms with van der Waals surface area (Å²) in [4.78, 5) is 30.7. The number of nitrogens with one attached hydrogen (secondary N) is 1. The van der Waals surface area contributed by atoms with Crippen LogP contribution in [0.4, 0.5) is 18.9 Å². The number of carbonyl (C=O) groups excluding carboxylic acids is 2. The van der Waals surface area contributed by atoms with E-state index < -0.39 is 23.7 Å². The molecule has 1 aromatic rings. The Balaban J connectivity index is 1.53. The Hall–Kier alpha value is -1.84. The number of alkyl halides is 3. The van der Waals surface area contributed by atoms with Gasteiger partial charge in [-0.3, -0.25) is 19.4 Å². The van der Waals surface area contributed by atoms with Crippen LogP contribution in [0.25, 0.3) is 0 Å². The van der Waals surface area contributed by atoms with Crippen LogP contribution in [0.3, 0.4) is 0 Å². The molecule has 30 heavy (non-hydrogen) atoms. The molecule has 0 aromatic heterocycles. The molecule has 3 rings (SSSR count). The van der Waals surface area contributed by atoms with Crippen LogP contribution in [-0.4, -0.2) is 78.4 Å². The summed E-state index contributed by atoms with van der Waals surface area (Å²) in [7, 11) is 0. The number of hydrogen-bond acceptors (Lipinski definition) is 4. The van der Waals surface area contributed by atoms with Crippen LogP contribution in [0.5, 0.6) is 0 Å². The molecule has 2 amide bonds. The van der Waals surface area contributed by atoms with E-state index in [1.807, 2.05) is 9.80 Å². The lowest BCUT2D eigenvalue weighted by atomic mass is 10.1. The Bertz CT molecular complexity index is 776. The van der Waals surface area contributed by atoms with Gasteiger partial charge >= 0.3 is 6.18 Å². The molecule has 1 atom stereocenters. The van der Waals surface area contributed by atoms with Gasteiger partial charge in [0.1, 0.15) is 0 Å². The van der Waals surface area contributed by atoms with E-state index in [1.54, 1.807) is 6.92 Å². The standard InChI is InChI=1S/C20H26ClF3N4O2/c1-14(19(30)25-17-5-4-15(21)12-16(17)20(22,23)24)27-10-8-26(9-11-27)13-18(29)28-6-2-3-7-28/h4-5,12,14H,2-3,6-11,13H2,1H3,(H,25,30). The number of amides is 2. The molecule has 0 radical (unpaired) electrons. The predicted molar refractivity (Wildman–Crippen MR) is 108 cm³/mol. The van der Waals surface area contributed by atoms with E-state index in [9.17, 15) is 22.8 Å². The third-order valence-electron chi connectivity index (χ3n) is 5.70. The smallest absolute Gasteiger partial charge is 0.342 e. The molecule has 1 unspecified atom stereocenters. The van der Waals surface area contributed by atoms with Crippen LogP contribution in [0.15, 0.2) is 18.2 Å². The SMILES string of the molecule is CC(C(=O)Nc1ccc(Cl)cc1C(F)(F)F)N1CCN(CC(=O)N2CCCC2)CC1. The average molecular weight is 447 g/mol. The Morgan fingerprint density at radius 2 is 1.73 bits per heavy atom. The normalized spacial score (nSPS) is 19.7. The van der Waals surface area contributed by atoms with Gasteiger partial charge < -0.3 is 10.2 Å². The van der Waals surface area contributed by atoms with Gasteiger partial charge in [0.15, 0.2) is 0 Å². The summed E-state index contributed by atoms with van der Waals surface area (Å²) < 4.78 is 39.7. The summed E-state index contributed by atoms with van der Waals surface area (Å²) in [5, 5.41) is 2.34. The molecule has 1 aromatic carbocycles. The highest BCUT2D eigenvalue weighted by molar-refractivity contribution is 6.30. The number of halogens is 4. The number of anilines is 1. The number of benzene rings is 1. The first-order chi connectivity index (χ1) is 14.1. The van der Waals surface area contributed by atoms with Crippen LogP contribution < -0.4 is 5.32 Å². The highest BCUT2D eigenvalue weighted by Gasteiger charge is 2.35. The zero-order valence-electron chi connectivity index (χ0n) is 16.8. The van der Waals surface area contributed by atoms with Crippen LogP contribution in [0, 0.1) is 0 Å². The van der Waals surface area contributed by atoms with Crippen molar-refractivity contribution in [3.05, 3.63) is 28.8 Å². The minimum atomic E-state index is -4.62. The van der Waals surface area contributed by atoms with Crippen molar-refractivity contribution in [2.24, 2.45) is 0 Å². The summed E-state index contributed by atoms with van der Waals surface area (Å²) >= 11 is 5.68. The fraction of sp³-hybridized carbons (Fsp3) is 0.600. The van der Waals surface area contributed by atoms with Gasteiger partial charge in [-0.15, -0.1) is 0 Å². The third kappa shape index (κ3) is 5.65. The number of nitrogens with zero attached hydrogens (tertiary/aromatic N) is 3. The first-order valence-electron chi connectivity index (χ1n) is 10.1. The average Bonchev–Trinajstić information content (AvgIpc) is 3.23. The maximum absolute atomic E-state index is 13.2. The van der Waals surface area contributed by atoms with Gasteiger partial charge in [0.25, 0.3) is 0 Å². The molecule has 166 valence electrons. The number of likely N-dealkylation sites (tertiary alicyclic amines) is 1. The van der Waals surface area contributed by atoms with E-state index in [-0.39, 0.29) is 16.6 Å². The summed E-state index contributed by atoms with van der Waals surface area (Å²) in [6, 6.07) is 2.68. The molecular formula is C20H26ClF3N4O2. The predicted octanol–water partition coefficient (Wildman–Crippen LogP) is 2.93. The van der Waals surface area contributed by atoms with Crippen molar-refractivity contribution in [2.45, 2.75) is 32.0 Å². The summed E-state index contributed by atoms with van der Waals surface area (Å²) in [5.41, 5.74) is -1.28. The molecule has 2 heterocycles. The van der Waals surface area contributed by atoms with Crippen molar-refractivity contribution in [1.29, 1.82) is 0 Å². The quantitative estimate of drug-likeness (QED) is 0.755. The van der Waals surface area contributed by atoms with Gasteiger partial charge in [0.05, 0.1) is 23.8 Å². The molecule has 0 saturated carbocycles. The van der Waals surface area contributed by atoms with Crippen molar-refractivity contribution < 1.29 is 22.8 Å². The minimum absolute atomic E-state index is 0.0482. The van der Waals surface area contributed by atoms with Crippen molar-refractivity contribution in [3.63, 3.8) is 0 Å². The zero-order valence-corrected chi connectivity index (χ0v) is 17.6. The highest BCUT2D eigenvalue weighted by Crippen LogP contribution is 2.36. The molecule has 10 heteroatoms. The van der Waals surface area contributed by atoms with Crippen molar-refractivity contribution in [1.82, 2.24) is 14.7 Å². The van der Waals surface area contributed by atoms with Crippen LogP contribution >= 0.6 is 11.6 Å². The van der Waals surface area contributed by atoms with Gasteiger partial charge in [0.2, 0.25) is 11.8 Å². The molecule has 2 aliphatic heterocycles. The van der Waals surface area contributed by atoms with Crippen molar-refractivity contribution >= 4 is 29.1 Å². The van der Waals surface area contributed by atoms with E-state index >= 15 is 0 Å². The van der Waals surface area contributed by atoms with Crippen LogP contribution in [0.2, 0.25) is 5.02 Å². The van der Waals surface area contributed by atoms with Gasteiger partial charge in [-0.1, -0.05) is 11.6 Å². The molecule has 0 aliphatic carbocycles. The maximum Gasteiger partial charge on any atom is 0.418 e. The second kappa shape index (κ2) is 9.53. The lowest BCUT2D eigenvalue weighted by Crippen LogP contribution is -2.54. The van der Waals surface area contributed by atoms with Crippen LogP contribution in [0.1, 0.15) is 25.3 Å². The molecule has 1 N–H and O–H groups in total. The Kier molecular flexibility index (Phi) is 7.26. The van der Waals surface area contributed by atoms with Gasteiger partial charge in [-0.2, -0.15) is 13.2 Å². The molecule has 2 fully saturated rings. The molecule has 2 aliphatic rings. The maximum atomic E-state index is 13.2. The number of carbonyl (C=O) groups is 2. The fourth-order valence-electron chi connectivity index (χ4n) is 3.83. The molecule has 0 spiro atoms. The van der Waals surface area contributed by atoms with E-state index in [1.165, 1.54) is 6.07 Å². The number of rotatable bonds is 5. The first-order valence-corrected chi connectivity index (χ1v) is 10.4. The lowest BCUT2D eigenvalue weighted by molar-refractivity contribution is -0.137. The number of hydrogen-bond donors (Lipinski definition) is 1. The van der Waals surface area contributed by atoms with E-state index in [4.69, 9.17) is 11.6 Å². The monoisotopic (exact) mass is 446 g/mol. The second-order valence-corrected chi connectivity index (χ2v) is 8.19. The Labute approximate surface area is 178 Å².